The number of halogens is 1. The summed E-state index contributed by atoms with van der Waals surface area (Å²) >= 11 is 3.45. The fourth-order valence-corrected chi connectivity index (χ4v) is 3.10. The predicted molar refractivity (Wildman–Crippen MR) is 96.5 cm³/mol. The van der Waals surface area contributed by atoms with Crippen molar-refractivity contribution in [1.82, 2.24) is 5.01 Å². The Morgan fingerprint density at radius 2 is 1.83 bits per heavy atom. The number of nitrogens with zero attached hydrogens (tertiary/aromatic N) is 2. The molecule has 0 bridgehead atoms. The molecule has 0 N–H and O–H groups in total. The van der Waals surface area contributed by atoms with Gasteiger partial charge in [0, 0.05) is 17.8 Å². The Kier molecular flexibility index (Phi) is 4.35. The standard InChI is InChI=1S/C19H19BrN2O/c1-12-4-5-16(10-13(12)2)18-11-19(22(21-18)14(3)23)15-6-8-17(20)9-7-15/h4-10,19H,11H2,1-3H3. The Labute approximate surface area is 145 Å². The van der Waals surface area contributed by atoms with Crippen LogP contribution in [-0.4, -0.2) is 16.6 Å². The van der Waals surface area contributed by atoms with E-state index in [4.69, 9.17) is 0 Å². The molecule has 1 aliphatic rings. The minimum absolute atomic E-state index is 0.0304. The molecular formula is C19H19BrN2O. The van der Waals surface area contributed by atoms with Crippen LogP contribution in [0.15, 0.2) is 52.0 Å². The lowest BCUT2D eigenvalue weighted by Gasteiger charge is -2.20. The summed E-state index contributed by atoms with van der Waals surface area (Å²) in [5.41, 5.74) is 5.67. The number of hydrogen-bond donors (Lipinski definition) is 0. The first kappa shape index (κ1) is 15.9. The van der Waals surface area contributed by atoms with E-state index < -0.39 is 0 Å². The Bertz CT molecular complexity index is 780. The molecule has 0 radical (unpaired) electrons. The second-order valence-corrected chi connectivity index (χ2v) is 6.90. The highest BCUT2D eigenvalue weighted by atomic mass is 79.9. The Morgan fingerprint density at radius 3 is 2.43 bits per heavy atom. The van der Waals surface area contributed by atoms with Crippen LogP contribution >= 0.6 is 15.9 Å². The molecule has 1 atom stereocenters. The maximum atomic E-state index is 12.0. The topological polar surface area (TPSA) is 32.7 Å². The normalized spacial score (nSPS) is 17.3. The zero-order chi connectivity index (χ0) is 16.6. The summed E-state index contributed by atoms with van der Waals surface area (Å²) in [5, 5.41) is 6.20. The Hall–Kier alpha value is -1.94. The first-order valence-electron chi connectivity index (χ1n) is 7.66. The lowest BCUT2D eigenvalue weighted by Crippen LogP contribution is -2.24. The molecule has 1 unspecified atom stereocenters. The first-order chi connectivity index (χ1) is 11.0. The number of amides is 1. The first-order valence-corrected chi connectivity index (χ1v) is 8.45. The maximum absolute atomic E-state index is 12.0. The summed E-state index contributed by atoms with van der Waals surface area (Å²) in [6, 6.07) is 14.4. The molecule has 2 aromatic rings. The van der Waals surface area contributed by atoms with Crippen molar-refractivity contribution in [2.45, 2.75) is 33.2 Å². The molecule has 0 aliphatic carbocycles. The summed E-state index contributed by atoms with van der Waals surface area (Å²) in [7, 11) is 0. The maximum Gasteiger partial charge on any atom is 0.240 e. The van der Waals surface area contributed by atoms with Crippen LogP contribution in [0.25, 0.3) is 0 Å². The average molecular weight is 371 g/mol. The van der Waals surface area contributed by atoms with Crippen molar-refractivity contribution >= 4 is 27.5 Å². The fraction of sp³-hybridized carbons (Fsp3) is 0.263. The number of rotatable bonds is 2. The molecule has 4 heteroatoms. The molecular weight excluding hydrogens is 352 g/mol. The number of hydrazone groups is 1. The highest BCUT2D eigenvalue weighted by Gasteiger charge is 2.31. The molecule has 0 fully saturated rings. The van der Waals surface area contributed by atoms with Gasteiger partial charge in [-0.3, -0.25) is 4.79 Å². The summed E-state index contributed by atoms with van der Waals surface area (Å²) in [5.74, 6) is -0.0308. The van der Waals surface area contributed by atoms with Crippen LogP contribution in [0.5, 0.6) is 0 Å². The summed E-state index contributed by atoms with van der Waals surface area (Å²) in [4.78, 5) is 12.0. The third-order valence-corrected chi connectivity index (χ3v) is 4.86. The van der Waals surface area contributed by atoms with Crippen molar-refractivity contribution in [3.8, 4) is 0 Å². The molecule has 118 valence electrons. The van der Waals surface area contributed by atoms with Gasteiger partial charge >= 0.3 is 0 Å². The van der Waals surface area contributed by atoms with Gasteiger partial charge in [-0.15, -0.1) is 0 Å². The minimum Gasteiger partial charge on any atom is -0.273 e. The van der Waals surface area contributed by atoms with Gasteiger partial charge in [-0.1, -0.05) is 40.2 Å². The highest BCUT2D eigenvalue weighted by Crippen LogP contribution is 2.33. The van der Waals surface area contributed by atoms with E-state index in [1.54, 1.807) is 11.9 Å². The van der Waals surface area contributed by atoms with Gasteiger partial charge in [0.05, 0.1) is 11.8 Å². The van der Waals surface area contributed by atoms with Gasteiger partial charge in [-0.05, 0) is 54.3 Å². The summed E-state index contributed by atoms with van der Waals surface area (Å²) < 4.78 is 1.03. The average Bonchev–Trinajstić information content (AvgIpc) is 2.96. The van der Waals surface area contributed by atoms with Gasteiger partial charge in [0.15, 0.2) is 0 Å². The van der Waals surface area contributed by atoms with Gasteiger partial charge < -0.3 is 0 Å². The molecule has 3 rings (SSSR count). The molecule has 0 spiro atoms. The second kappa shape index (κ2) is 6.28. The van der Waals surface area contributed by atoms with Crippen LogP contribution in [0, 0.1) is 13.8 Å². The van der Waals surface area contributed by atoms with Crippen LogP contribution in [0.4, 0.5) is 0 Å². The van der Waals surface area contributed by atoms with Crippen molar-refractivity contribution in [2.24, 2.45) is 5.10 Å². The number of benzene rings is 2. The molecule has 3 nitrogen and oxygen atoms in total. The SMILES string of the molecule is CC(=O)N1N=C(c2ccc(C)c(C)c2)CC1c1ccc(Br)cc1. The van der Waals surface area contributed by atoms with E-state index in [0.717, 1.165) is 27.7 Å². The van der Waals surface area contributed by atoms with Crippen LogP contribution in [-0.2, 0) is 4.79 Å². The third-order valence-electron chi connectivity index (χ3n) is 4.33. The number of carbonyl (C=O) groups excluding carboxylic acids is 1. The molecule has 1 amide bonds. The zero-order valence-corrected chi connectivity index (χ0v) is 15.1. The van der Waals surface area contributed by atoms with E-state index >= 15 is 0 Å². The van der Waals surface area contributed by atoms with Crippen molar-refractivity contribution in [3.05, 3.63) is 69.2 Å². The summed E-state index contributed by atoms with van der Waals surface area (Å²) in [6.45, 7) is 5.77. The van der Waals surface area contributed by atoms with E-state index in [0.29, 0.717) is 0 Å². The molecule has 0 saturated heterocycles. The van der Waals surface area contributed by atoms with Crippen molar-refractivity contribution in [1.29, 1.82) is 0 Å². The molecule has 0 saturated carbocycles. The largest absolute Gasteiger partial charge is 0.273 e. The zero-order valence-electron chi connectivity index (χ0n) is 13.5. The number of carbonyl (C=O) groups is 1. The van der Waals surface area contributed by atoms with Gasteiger partial charge in [-0.2, -0.15) is 5.10 Å². The third kappa shape index (κ3) is 3.22. The Balaban J connectivity index is 1.95. The quantitative estimate of drug-likeness (QED) is 0.749. The van der Waals surface area contributed by atoms with Crippen molar-refractivity contribution < 1.29 is 4.79 Å². The lowest BCUT2D eigenvalue weighted by atomic mass is 9.96. The summed E-state index contributed by atoms with van der Waals surface area (Å²) in [6.07, 6.45) is 0.740. The van der Waals surface area contributed by atoms with Crippen LogP contribution < -0.4 is 0 Å². The minimum atomic E-state index is -0.0308. The van der Waals surface area contributed by atoms with Crippen molar-refractivity contribution in [3.63, 3.8) is 0 Å². The van der Waals surface area contributed by atoms with Gasteiger partial charge in [0.2, 0.25) is 5.91 Å². The van der Waals surface area contributed by atoms with Gasteiger partial charge in [0.1, 0.15) is 0 Å². The van der Waals surface area contributed by atoms with Crippen LogP contribution in [0.1, 0.15) is 41.6 Å². The van der Waals surface area contributed by atoms with E-state index in [1.807, 2.05) is 24.3 Å². The molecule has 1 heterocycles. The second-order valence-electron chi connectivity index (χ2n) is 5.98. The van der Waals surface area contributed by atoms with E-state index in [9.17, 15) is 4.79 Å². The fourth-order valence-electron chi connectivity index (χ4n) is 2.84. The molecule has 23 heavy (non-hydrogen) atoms. The van der Waals surface area contributed by atoms with Crippen molar-refractivity contribution in [2.75, 3.05) is 0 Å². The van der Waals surface area contributed by atoms with E-state index in [-0.39, 0.29) is 11.9 Å². The molecule has 1 aliphatic heterocycles. The predicted octanol–water partition coefficient (Wildman–Crippen LogP) is 4.76. The van der Waals surface area contributed by atoms with E-state index in [2.05, 4.69) is 53.1 Å². The van der Waals surface area contributed by atoms with Gasteiger partial charge in [-0.25, -0.2) is 5.01 Å². The van der Waals surface area contributed by atoms with Gasteiger partial charge in [0.25, 0.3) is 0 Å². The highest BCUT2D eigenvalue weighted by molar-refractivity contribution is 9.10. The Morgan fingerprint density at radius 1 is 1.13 bits per heavy atom. The van der Waals surface area contributed by atoms with Crippen LogP contribution in [0.3, 0.4) is 0 Å². The number of hydrogen-bond acceptors (Lipinski definition) is 2. The van der Waals surface area contributed by atoms with Crippen LogP contribution in [0.2, 0.25) is 0 Å². The van der Waals surface area contributed by atoms with E-state index in [1.165, 1.54) is 11.1 Å². The smallest absolute Gasteiger partial charge is 0.240 e. The monoisotopic (exact) mass is 370 g/mol. The lowest BCUT2D eigenvalue weighted by molar-refractivity contribution is -0.130. The molecule has 0 aromatic heterocycles. The number of aryl methyl sites for hydroxylation is 2. The molecule has 2 aromatic carbocycles.